The summed E-state index contributed by atoms with van der Waals surface area (Å²) in [5.74, 6) is 0.307. The Morgan fingerprint density at radius 2 is 2.33 bits per heavy atom. The Balaban J connectivity index is 2.03. The predicted octanol–water partition coefficient (Wildman–Crippen LogP) is 4.84. The maximum Gasteiger partial charge on any atom is 0.387 e. The molecule has 140 valence electrons. The van der Waals surface area contributed by atoms with Crippen LogP contribution in [-0.2, 0) is 12.8 Å². The number of non-ortho nitro benzene ring substituents is 1. The molecule has 1 aliphatic carbocycles. The summed E-state index contributed by atoms with van der Waals surface area (Å²) < 4.78 is 29.7. The van der Waals surface area contributed by atoms with Crippen LogP contribution in [0.15, 0.2) is 18.2 Å². The van der Waals surface area contributed by atoms with Crippen molar-refractivity contribution in [3.8, 4) is 11.8 Å². The van der Waals surface area contributed by atoms with E-state index in [4.69, 9.17) is 0 Å². The second-order valence-electron chi connectivity index (χ2n) is 6.26. The lowest BCUT2D eigenvalue weighted by molar-refractivity contribution is -0.384. The molecule has 3 rings (SSSR count). The van der Waals surface area contributed by atoms with Crippen molar-refractivity contribution in [1.29, 1.82) is 5.26 Å². The fourth-order valence-electron chi connectivity index (χ4n) is 2.92. The molecule has 0 radical (unpaired) electrons. The van der Waals surface area contributed by atoms with E-state index in [1.54, 1.807) is 0 Å². The molecular formula is C18H15F2N3O3S. The summed E-state index contributed by atoms with van der Waals surface area (Å²) in [7, 11) is 0. The number of thiazole rings is 1. The summed E-state index contributed by atoms with van der Waals surface area (Å²) >= 11 is 1.40. The molecule has 1 heterocycles. The fourth-order valence-corrected chi connectivity index (χ4v) is 4.16. The molecule has 9 heteroatoms. The number of benzene rings is 1. The van der Waals surface area contributed by atoms with Crippen molar-refractivity contribution >= 4 is 28.7 Å². The van der Waals surface area contributed by atoms with E-state index >= 15 is 0 Å². The van der Waals surface area contributed by atoms with Crippen LogP contribution >= 0.6 is 11.3 Å². The summed E-state index contributed by atoms with van der Waals surface area (Å²) in [6, 6.07) is 5.29. The van der Waals surface area contributed by atoms with Gasteiger partial charge >= 0.3 is 6.61 Å². The van der Waals surface area contributed by atoms with Crippen LogP contribution in [0.3, 0.4) is 0 Å². The van der Waals surface area contributed by atoms with Gasteiger partial charge in [0.2, 0.25) is 0 Å². The second kappa shape index (κ2) is 7.80. The average molecular weight is 391 g/mol. The molecule has 0 spiro atoms. The molecule has 1 aliphatic rings. The number of aryl methyl sites for hydroxylation is 1. The van der Waals surface area contributed by atoms with Gasteiger partial charge in [0.25, 0.3) is 5.69 Å². The minimum atomic E-state index is -3.09. The van der Waals surface area contributed by atoms with Crippen molar-refractivity contribution in [1.82, 2.24) is 4.98 Å². The zero-order valence-electron chi connectivity index (χ0n) is 14.3. The van der Waals surface area contributed by atoms with Gasteiger partial charge in [0, 0.05) is 22.6 Å². The molecule has 6 nitrogen and oxygen atoms in total. The van der Waals surface area contributed by atoms with E-state index in [2.05, 4.69) is 16.6 Å². The number of aromatic nitrogens is 1. The number of hydrogen-bond donors (Lipinski definition) is 0. The Kier molecular flexibility index (Phi) is 5.46. The highest BCUT2D eigenvalue weighted by molar-refractivity contribution is 7.13. The number of nitro groups is 1. The van der Waals surface area contributed by atoms with Crippen LogP contribution < -0.4 is 4.74 Å². The summed E-state index contributed by atoms with van der Waals surface area (Å²) in [4.78, 5) is 16.0. The van der Waals surface area contributed by atoms with E-state index in [0.717, 1.165) is 48.0 Å². The molecule has 0 N–H and O–H groups in total. The normalized spacial score (nSPS) is 16.7. The molecule has 0 aliphatic heterocycles. The van der Waals surface area contributed by atoms with Gasteiger partial charge in [0.1, 0.15) is 16.8 Å². The van der Waals surface area contributed by atoms with Crippen molar-refractivity contribution < 1.29 is 18.4 Å². The lowest BCUT2D eigenvalue weighted by atomic mass is 9.93. The van der Waals surface area contributed by atoms with E-state index < -0.39 is 11.5 Å². The van der Waals surface area contributed by atoms with E-state index in [1.165, 1.54) is 17.4 Å². The summed E-state index contributed by atoms with van der Waals surface area (Å²) in [5, 5.41) is 21.0. The molecule has 1 atom stereocenters. The standard InChI is InChI=1S/C18H15F2N3O3S/c1-10-2-4-14-16(6-10)27-17(22-14)12(9-21)7-11-8-13(23(24)25)3-5-15(11)26-18(19)20/h3,5,7-8,10,18H,2,4,6H2,1H3/b12-7+/t10-/m0/s1. The van der Waals surface area contributed by atoms with Crippen molar-refractivity contribution in [2.75, 3.05) is 0 Å². The number of hydrogen-bond acceptors (Lipinski definition) is 6. The van der Waals surface area contributed by atoms with Crippen molar-refractivity contribution in [2.24, 2.45) is 5.92 Å². The van der Waals surface area contributed by atoms with Crippen LogP contribution in [0.1, 0.15) is 34.5 Å². The summed E-state index contributed by atoms with van der Waals surface area (Å²) in [6.45, 7) is -0.932. The van der Waals surface area contributed by atoms with Crippen LogP contribution in [0, 0.1) is 27.4 Å². The quantitative estimate of drug-likeness (QED) is 0.413. The average Bonchev–Trinajstić information content (AvgIpc) is 3.02. The van der Waals surface area contributed by atoms with Gasteiger partial charge in [0.15, 0.2) is 0 Å². The van der Waals surface area contributed by atoms with Crippen molar-refractivity contribution in [3.05, 3.63) is 49.5 Å². The second-order valence-corrected chi connectivity index (χ2v) is 7.35. The molecule has 1 aromatic heterocycles. The van der Waals surface area contributed by atoms with Gasteiger partial charge in [-0.3, -0.25) is 10.1 Å². The van der Waals surface area contributed by atoms with Crippen LogP contribution in [0.25, 0.3) is 11.6 Å². The Morgan fingerprint density at radius 1 is 1.56 bits per heavy atom. The third-order valence-corrected chi connectivity index (χ3v) is 5.41. The molecule has 0 saturated heterocycles. The lowest BCUT2D eigenvalue weighted by Crippen LogP contribution is -2.09. The first-order chi connectivity index (χ1) is 12.9. The number of rotatable bonds is 5. The highest BCUT2D eigenvalue weighted by atomic mass is 32.1. The number of nitriles is 1. The van der Waals surface area contributed by atoms with Gasteiger partial charge in [-0.25, -0.2) is 4.98 Å². The third kappa shape index (κ3) is 4.28. The minimum absolute atomic E-state index is 0.0302. The SMILES string of the molecule is C[C@H]1CCc2nc(/C(C#N)=C/c3cc([N+](=O)[O-])ccc3OC(F)F)sc2C1. The van der Waals surface area contributed by atoms with Crippen LogP contribution in [0.2, 0.25) is 0 Å². The van der Waals surface area contributed by atoms with Gasteiger partial charge < -0.3 is 4.74 Å². The Morgan fingerprint density at radius 3 is 3.00 bits per heavy atom. The molecular weight excluding hydrogens is 376 g/mol. The van der Waals surface area contributed by atoms with Gasteiger partial charge in [-0.2, -0.15) is 14.0 Å². The Labute approximate surface area is 157 Å². The molecule has 0 saturated carbocycles. The minimum Gasteiger partial charge on any atom is -0.434 e. The van der Waals surface area contributed by atoms with E-state index in [1.807, 2.05) is 6.07 Å². The zero-order chi connectivity index (χ0) is 19.6. The monoisotopic (exact) mass is 391 g/mol. The molecule has 2 aromatic rings. The third-order valence-electron chi connectivity index (χ3n) is 4.26. The maximum absolute atomic E-state index is 12.6. The summed E-state index contributed by atoms with van der Waals surface area (Å²) in [6.07, 6.45) is 4.06. The van der Waals surface area contributed by atoms with Gasteiger partial charge in [0.05, 0.1) is 16.2 Å². The summed E-state index contributed by atoms with van der Waals surface area (Å²) in [5.41, 5.74) is 0.856. The number of alkyl halides is 2. The van der Waals surface area contributed by atoms with Crippen LogP contribution in [0.4, 0.5) is 14.5 Å². The van der Waals surface area contributed by atoms with Gasteiger partial charge in [-0.1, -0.05) is 6.92 Å². The lowest BCUT2D eigenvalue weighted by Gasteiger charge is -2.15. The number of ether oxygens (including phenoxy) is 1. The first-order valence-electron chi connectivity index (χ1n) is 8.21. The highest BCUT2D eigenvalue weighted by Crippen LogP contribution is 2.34. The maximum atomic E-state index is 12.6. The predicted molar refractivity (Wildman–Crippen MR) is 96.5 cm³/mol. The molecule has 27 heavy (non-hydrogen) atoms. The number of allylic oxidation sites excluding steroid dienone is 1. The smallest absolute Gasteiger partial charge is 0.387 e. The Bertz CT molecular complexity index is 950. The first kappa shape index (κ1) is 18.9. The van der Waals surface area contributed by atoms with Crippen molar-refractivity contribution in [3.63, 3.8) is 0 Å². The van der Waals surface area contributed by atoms with Crippen molar-refractivity contribution in [2.45, 2.75) is 32.8 Å². The first-order valence-corrected chi connectivity index (χ1v) is 9.03. The van der Waals surface area contributed by atoms with Gasteiger partial charge in [-0.15, -0.1) is 11.3 Å². The molecule has 0 unspecified atom stereocenters. The largest absolute Gasteiger partial charge is 0.434 e. The van der Waals surface area contributed by atoms with Crippen LogP contribution in [0.5, 0.6) is 5.75 Å². The number of nitrogens with zero attached hydrogens (tertiary/aromatic N) is 3. The fraction of sp³-hybridized carbons (Fsp3) is 0.333. The number of nitro benzene ring substituents is 1. The topological polar surface area (TPSA) is 89.0 Å². The van der Waals surface area contributed by atoms with E-state index in [0.29, 0.717) is 10.9 Å². The van der Waals surface area contributed by atoms with Crippen LogP contribution in [-0.4, -0.2) is 16.5 Å². The zero-order valence-corrected chi connectivity index (χ0v) is 15.1. The number of halogens is 2. The Hall–Kier alpha value is -2.86. The van der Waals surface area contributed by atoms with Gasteiger partial charge in [-0.05, 0) is 37.3 Å². The highest BCUT2D eigenvalue weighted by Gasteiger charge is 2.22. The molecule has 0 bridgehead atoms. The number of fused-ring (bicyclic) bond motifs is 1. The molecule has 1 aromatic carbocycles. The molecule has 0 amide bonds. The van der Waals surface area contributed by atoms with E-state index in [9.17, 15) is 24.2 Å². The molecule has 0 fully saturated rings. The van der Waals surface area contributed by atoms with E-state index in [-0.39, 0.29) is 22.6 Å².